The molecule has 38 heavy (non-hydrogen) atoms. The van der Waals surface area contributed by atoms with Gasteiger partial charge in [-0.25, -0.2) is 8.42 Å². The zero-order chi connectivity index (χ0) is 27.3. The summed E-state index contributed by atoms with van der Waals surface area (Å²) in [6.45, 7) is 4.14. The second-order valence-electron chi connectivity index (χ2n) is 9.82. The molecule has 0 amide bonds. The summed E-state index contributed by atoms with van der Waals surface area (Å²) >= 11 is 7.63. The number of aryl methyl sites for hydroxylation is 1. The number of aliphatic carboxylic acids is 1. The molecule has 1 aliphatic rings. The van der Waals surface area contributed by atoms with E-state index in [1.807, 2.05) is 31.2 Å². The van der Waals surface area contributed by atoms with E-state index in [2.05, 4.69) is 6.92 Å². The van der Waals surface area contributed by atoms with E-state index in [4.69, 9.17) is 11.6 Å². The van der Waals surface area contributed by atoms with Gasteiger partial charge in [-0.2, -0.15) is 4.31 Å². The predicted octanol–water partition coefficient (Wildman–Crippen LogP) is 7.59. The number of nitrogens with zero attached hydrogens (tertiary/aromatic N) is 1. The highest BCUT2D eigenvalue weighted by molar-refractivity contribution is 8.00. The smallest absolute Gasteiger partial charge is 0.309 e. The molecule has 0 aliphatic carbocycles. The van der Waals surface area contributed by atoms with Gasteiger partial charge in [-0.1, -0.05) is 92.2 Å². The van der Waals surface area contributed by atoms with Crippen LogP contribution in [0, 0.1) is 12.8 Å². The third-order valence-corrected chi connectivity index (χ3v) is 10.7. The van der Waals surface area contributed by atoms with Gasteiger partial charge < -0.3 is 5.11 Å². The van der Waals surface area contributed by atoms with Crippen molar-refractivity contribution in [1.82, 2.24) is 4.31 Å². The molecule has 1 aliphatic heterocycles. The van der Waals surface area contributed by atoms with Crippen molar-refractivity contribution < 1.29 is 18.3 Å². The maximum absolute atomic E-state index is 14.3. The largest absolute Gasteiger partial charge is 0.481 e. The number of halogens is 1. The highest BCUT2D eigenvalue weighted by atomic mass is 35.5. The molecule has 1 fully saturated rings. The average Bonchev–Trinajstić information content (AvgIpc) is 3.23. The zero-order valence-corrected chi connectivity index (χ0v) is 24.1. The molecule has 0 bridgehead atoms. The van der Waals surface area contributed by atoms with Gasteiger partial charge in [0, 0.05) is 21.2 Å². The average molecular weight is 572 g/mol. The molecule has 1 N–H and O–H groups in total. The molecular formula is C30H34ClNO4S2. The number of benzene rings is 3. The fourth-order valence-corrected chi connectivity index (χ4v) is 8.79. The number of rotatable bonds is 11. The van der Waals surface area contributed by atoms with E-state index in [1.165, 1.54) is 16.1 Å². The summed E-state index contributed by atoms with van der Waals surface area (Å²) < 4.78 is 30.1. The number of unbranched alkanes of at least 4 members (excludes halogenated alkanes) is 3. The van der Waals surface area contributed by atoms with Gasteiger partial charge in [0.2, 0.25) is 10.0 Å². The summed E-state index contributed by atoms with van der Waals surface area (Å²) in [5.41, 5.74) is 1.74. The third-order valence-electron chi connectivity index (χ3n) is 7.14. The van der Waals surface area contributed by atoms with Gasteiger partial charge >= 0.3 is 5.97 Å². The Bertz CT molecular complexity index is 1310. The Labute approximate surface area is 235 Å². The molecule has 1 saturated heterocycles. The van der Waals surface area contributed by atoms with Crippen LogP contribution < -0.4 is 0 Å². The van der Waals surface area contributed by atoms with E-state index < -0.39 is 39.2 Å². The van der Waals surface area contributed by atoms with Crippen molar-refractivity contribution in [3.8, 4) is 0 Å². The summed E-state index contributed by atoms with van der Waals surface area (Å²) in [4.78, 5) is 14.1. The van der Waals surface area contributed by atoms with Gasteiger partial charge in [0.05, 0.1) is 16.9 Å². The van der Waals surface area contributed by atoms with Gasteiger partial charge in [-0.15, -0.1) is 11.8 Å². The Morgan fingerprint density at radius 3 is 2.21 bits per heavy atom. The van der Waals surface area contributed by atoms with Crippen LogP contribution in [0.4, 0.5) is 0 Å². The van der Waals surface area contributed by atoms with E-state index in [9.17, 15) is 18.3 Å². The Kier molecular flexibility index (Phi) is 9.58. The zero-order valence-electron chi connectivity index (χ0n) is 21.7. The molecule has 0 spiro atoms. The van der Waals surface area contributed by atoms with Crippen LogP contribution in [-0.4, -0.2) is 35.1 Å². The molecule has 0 saturated carbocycles. The van der Waals surface area contributed by atoms with Crippen molar-refractivity contribution in [3.63, 3.8) is 0 Å². The topological polar surface area (TPSA) is 74.7 Å². The first kappa shape index (κ1) is 28.7. The van der Waals surface area contributed by atoms with Crippen LogP contribution in [0.25, 0.3) is 0 Å². The van der Waals surface area contributed by atoms with Gasteiger partial charge in [-0.05, 0) is 55.3 Å². The van der Waals surface area contributed by atoms with E-state index in [0.29, 0.717) is 17.0 Å². The minimum absolute atomic E-state index is 0.169. The molecular weight excluding hydrogens is 538 g/mol. The third kappa shape index (κ3) is 6.28. The van der Waals surface area contributed by atoms with Gasteiger partial charge in [0.1, 0.15) is 0 Å². The highest BCUT2D eigenvalue weighted by Gasteiger charge is 2.57. The van der Waals surface area contributed by atoms with Crippen molar-refractivity contribution in [2.75, 3.05) is 0 Å². The number of carbonyl (C=O) groups is 1. The number of carboxylic acids is 1. The minimum atomic E-state index is -4.01. The van der Waals surface area contributed by atoms with Crippen LogP contribution in [0.15, 0.2) is 88.7 Å². The van der Waals surface area contributed by atoms with Crippen LogP contribution in [0.5, 0.6) is 0 Å². The summed E-state index contributed by atoms with van der Waals surface area (Å²) in [7, 11) is -4.01. The fourth-order valence-electron chi connectivity index (χ4n) is 5.26. The quantitative estimate of drug-likeness (QED) is 0.240. The SMILES string of the molecule is CCCCCCC1C(Sc2ccc(C)cc2)[C@@H](C(=O)O)C(c2ccc(Cl)cc2)N1S(=O)(=O)c1ccccc1. The first-order valence-corrected chi connectivity index (χ1v) is 15.7. The lowest BCUT2D eigenvalue weighted by molar-refractivity contribution is -0.142. The van der Waals surface area contributed by atoms with E-state index in [0.717, 1.165) is 36.1 Å². The van der Waals surface area contributed by atoms with Gasteiger partial charge in [-0.3, -0.25) is 4.79 Å². The standard InChI is InChI=1S/C30H34ClNO4S2/c1-3-4-5-9-12-26-29(37-24-19-13-21(2)14-20-24)27(30(33)34)28(22-15-17-23(31)18-16-22)32(26)38(35,36)25-10-7-6-8-11-25/h6-8,10-11,13-20,26-29H,3-5,9,12H2,1-2H3,(H,33,34)/t26?,27-,28?,29?/m0/s1. The van der Waals surface area contributed by atoms with Crippen molar-refractivity contribution >= 4 is 39.4 Å². The lowest BCUT2D eigenvalue weighted by Crippen LogP contribution is -2.40. The van der Waals surface area contributed by atoms with Crippen LogP contribution in [0.3, 0.4) is 0 Å². The normalized spacial score (nSPS) is 22.0. The number of thioether (sulfide) groups is 1. The number of hydrogen-bond donors (Lipinski definition) is 1. The highest BCUT2D eigenvalue weighted by Crippen LogP contribution is 2.52. The fraction of sp³-hybridized carbons (Fsp3) is 0.367. The number of sulfonamides is 1. The first-order chi connectivity index (χ1) is 18.2. The maximum atomic E-state index is 14.3. The van der Waals surface area contributed by atoms with Crippen LogP contribution >= 0.6 is 23.4 Å². The Morgan fingerprint density at radius 2 is 1.61 bits per heavy atom. The van der Waals surface area contributed by atoms with Crippen molar-refractivity contribution in [3.05, 3.63) is 95.0 Å². The van der Waals surface area contributed by atoms with Crippen LogP contribution in [0.2, 0.25) is 5.02 Å². The molecule has 1 heterocycles. The predicted molar refractivity (Wildman–Crippen MR) is 154 cm³/mol. The minimum Gasteiger partial charge on any atom is -0.481 e. The molecule has 4 rings (SSSR count). The molecule has 8 heteroatoms. The molecule has 3 aromatic carbocycles. The Balaban J connectivity index is 1.88. The summed E-state index contributed by atoms with van der Waals surface area (Å²) in [5.74, 6) is -1.95. The Morgan fingerprint density at radius 1 is 0.947 bits per heavy atom. The summed E-state index contributed by atoms with van der Waals surface area (Å²) in [6.07, 6.45) is 4.49. The number of carboxylic acid groups (broad SMARTS) is 1. The summed E-state index contributed by atoms with van der Waals surface area (Å²) in [5, 5.41) is 10.6. The molecule has 0 radical (unpaired) electrons. The van der Waals surface area contributed by atoms with E-state index in [1.54, 1.807) is 54.6 Å². The van der Waals surface area contributed by atoms with Crippen molar-refractivity contribution in [2.45, 2.75) is 73.1 Å². The van der Waals surface area contributed by atoms with Gasteiger partial charge in [0.25, 0.3) is 0 Å². The molecule has 4 atom stereocenters. The lowest BCUT2D eigenvalue weighted by Gasteiger charge is -2.31. The second-order valence-corrected chi connectivity index (χ2v) is 13.4. The summed E-state index contributed by atoms with van der Waals surface area (Å²) in [6, 6.07) is 21.8. The second kappa shape index (κ2) is 12.7. The maximum Gasteiger partial charge on any atom is 0.309 e. The van der Waals surface area contributed by atoms with Crippen LogP contribution in [-0.2, 0) is 14.8 Å². The molecule has 202 valence electrons. The molecule has 0 aromatic heterocycles. The number of hydrogen-bond acceptors (Lipinski definition) is 4. The van der Waals surface area contributed by atoms with Gasteiger partial charge in [0.15, 0.2) is 0 Å². The molecule has 5 nitrogen and oxygen atoms in total. The lowest BCUT2D eigenvalue weighted by atomic mass is 9.92. The van der Waals surface area contributed by atoms with Crippen molar-refractivity contribution in [2.24, 2.45) is 5.92 Å². The van der Waals surface area contributed by atoms with E-state index >= 15 is 0 Å². The monoisotopic (exact) mass is 571 g/mol. The van der Waals surface area contributed by atoms with E-state index in [-0.39, 0.29) is 4.90 Å². The Hall–Kier alpha value is -2.32. The molecule has 3 unspecified atom stereocenters. The van der Waals surface area contributed by atoms with Crippen LogP contribution in [0.1, 0.15) is 56.2 Å². The first-order valence-electron chi connectivity index (χ1n) is 13.0. The van der Waals surface area contributed by atoms with Crippen molar-refractivity contribution in [1.29, 1.82) is 0 Å². The molecule has 3 aromatic rings.